The molecule has 0 aliphatic heterocycles. The molecule has 1 saturated carbocycles. The normalized spacial score (nSPS) is 44.2. The summed E-state index contributed by atoms with van der Waals surface area (Å²) in [6.07, 6.45) is 7.26. The molecular weight excluding hydrogens is 244 g/mol. The van der Waals surface area contributed by atoms with Gasteiger partial charge < -0.3 is 0 Å². The lowest BCUT2D eigenvalue weighted by Crippen LogP contribution is -2.16. The number of halogens is 2. The van der Waals surface area contributed by atoms with Gasteiger partial charge in [0.15, 0.2) is 0 Å². The van der Waals surface area contributed by atoms with Crippen molar-refractivity contribution in [3.63, 3.8) is 0 Å². The topological polar surface area (TPSA) is 0 Å². The largest absolute Gasteiger partial charge is 0.0873 e. The summed E-state index contributed by atoms with van der Waals surface area (Å²) in [5.74, 6) is 1.58. The van der Waals surface area contributed by atoms with Crippen LogP contribution in [0.3, 0.4) is 0 Å². The molecule has 0 N–H and O–H groups in total. The third-order valence-corrected chi connectivity index (χ3v) is 4.07. The van der Waals surface area contributed by atoms with Gasteiger partial charge in [0.1, 0.15) is 0 Å². The molecule has 2 rings (SSSR count). The first-order valence-electron chi connectivity index (χ1n) is 3.24. The van der Waals surface area contributed by atoms with Gasteiger partial charge in [-0.1, -0.05) is 44.0 Å². The van der Waals surface area contributed by atoms with E-state index in [4.69, 9.17) is 0 Å². The average molecular weight is 252 g/mol. The van der Waals surface area contributed by atoms with Gasteiger partial charge in [0, 0.05) is 5.92 Å². The van der Waals surface area contributed by atoms with Crippen molar-refractivity contribution in [2.75, 3.05) is 0 Å². The van der Waals surface area contributed by atoms with Gasteiger partial charge in [-0.05, 0) is 18.8 Å². The molecule has 9 heavy (non-hydrogen) atoms. The fraction of sp³-hybridized carbons (Fsp3) is 0.714. The quantitative estimate of drug-likeness (QED) is 0.459. The summed E-state index contributed by atoms with van der Waals surface area (Å²) in [6, 6.07) is 0. The van der Waals surface area contributed by atoms with Crippen LogP contribution in [0, 0.1) is 11.8 Å². The number of hydrogen-bond donors (Lipinski definition) is 0. The van der Waals surface area contributed by atoms with Crippen LogP contribution in [0.1, 0.15) is 12.8 Å². The first kappa shape index (κ1) is 6.41. The van der Waals surface area contributed by atoms with Crippen LogP contribution >= 0.6 is 31.9 Å². The van der Waals surface area contributed by atoms with Gasteiger partial charge in [0.2, 0.25) is 0 Å². The lowest BCUT2D eigenvalue weighted by molar-refractivity contribution is 0.691. The molecule has 0 nitrogen and oxygen atoms in total. The third-order valence-electron chi connectivity index (χ3n) is 2.25. The van der Waals surface area contributed by atoms with E-state index in [1.165, 1.54) is 12.8 Å². The predicted molar refractivity (Wildman–Crippen MR) is 45.9 cm³/mol. The molecule has 1 fully saturated rings. The molecule has 0 amide bonds. The van der Waals surface area contributed by atoms with Gasteiger partial charge in [-0.15, -0.1) is 0 Å². The van der Waals surface area contributed by atoms with Crippen molar-refractivity contribution in [1.29, 1.82) is 0 Å². The van der Waals surface area contributed by atoms with Crippen molar-refractivity contribution in [3.8, 4) is 0 Å². The van der Waals surface area contributed by atoms with Gasteiger partial charge in [0.25, 0.3) is 0 Å². The Morgan fingerprint density at radius 3 is 2.33 bits per heavy atom. The van der Waals surface area contributed by atoms with Crippen molar-refractivity contribution < 1.29 is 0 Å². The van der Waals surface area contributed by atoms with E-state index in [0.717, 1.165) is 11.8 Å². The summed E-state index contributed by atoms with van der Waals surface area (Å²) in [5, 5.41) is 0. The van der Waals surface area contributed by atoms with Gasteiger partial charge >= 0.3 is 0 Å². The molecule has 0 heterocycles. The van der Waals surface area contributed by atoms with Crippen LogP contribution in [0.2, 0.25) is 0 Å². The van der Waals surface area contributed by atoms with Crippen molar-refractivity contribution in [2.24, 2.45) is 11.8 Å². The fourth-order valence-corrected chi connectivity index (χ4v) is 3.25. The second-order valence-electron chi connectivity index (χ2n) is 2.95. The molecule has 50 valence electrons. The number of hydrogen-bond acceptors (Lipinski definition) is 0. The van der Waals surface area contributed by atoms with E-state index in [2.05, 4.69) is 44.0 Å². The van der Waals surface area contributed by atoms with Crippen molar-refractivity contribution in [1.82, 2.24) is 0 Å². The maximum Gasteiger partial charge on any atom is 0.0873 e. The van der Waals surface area contributed by atoms with Gasteiger partial charge in [-0.3, -0.25) is 0 Å². The van der Waals surface area contributed by atoms with Gasteiger partial charge in [-0.2, -0.15) is 0 Å². The van der Waals surface area contributed by atoms with E-state index in [1.807, 2.05) is 0 Å². The lowest BCUT2D eigenvalue weighted by Gasteiger charge is -2.20. The maximum absolute atomic E-state index is 3.66. The first-order valence-corrected chi connectivity index (χ1v) is 4.83. The molecule has 2 heteroatoms. The highest BCUT2D eigenvalue weighted by Gasteiger charge is 2.44. The molecule has 0 aromatic heterocycles. The Bertz CT molecular complexity index is 160. The fourth-order valence-electron chi connectivity index (χ4n) is 1.74. The van der Waals surface area contributed by atoms with Crippen LogP contribution in [-0.4, -0.2) is 3.23 Å². The Morgan fingerprint density at radius 2 is 2.11 bits per heavy atom. The summed E-state index contributed by atoms with van der Waals surface area (Å²) in [5.41, 5.74) is 0. The zero-order chi connectivity index (χ0) is 6.48. The highest BCUT2D eigenvalue weighted by atomic mass is 79.9. The standard InChI is InChI=1S/C7H8Br2/c8-7(9)4-5-1-2-6(7)3-5/h1-2,5-6H,3-4H2. The molecule has 2 atom stereocenters. The Labute approximate surface area is 72.0 Å². The lowest BCUT2D eigenvalue weighted by atomic mass is 10.1. The van der Waals surface area contributed by atoms with E-state index in [1.54, 1.807) is 0 Å². The van der Waals surface area contributed by atoms with Gasteiger partial charge in [0.05, 0.1) is 3.23 Å². The van der Waals surface area contributed by atoms with Crippen LogP contribution in [0.4, 0.5) is 0 Å². The van der Waals surface area contributed by atoms with Crippen LogP contribution < -0.4 is 0 Å². The van der Waals surface area contributed by atoms with E-state index >= 15 is 0 Å². The summed E-state index contributed by atoms with van der Waals surface area (Å²) in [6.45, 7) is 0. The highest BCUT2D eigenvalue weighted by molar-refractivity contribution is 9.25. The SMILES string of the molecule is BrC1(Br)CC2C=CC1C2. The Balaban J connectivity index is 2.29. The van der Waals surface area contributed by atoms with Crippen molar-refractivity contribution >= 4 is 31.9 Å². The average Bonchev–Trinajstić information content (AvgIpc) is 2.19. The number of fused-ring (bicyclic) bond motifs is 2. The number of rotatable bonds is 0. The minimum absolute atomic E-state index is 0.249. The summed E-state index contributed by atoms with van der Waals surface area (Å²) >= 11 is 7.33. The molecule has 0 spiro atoms. The Morgan fingerprint density at radius 1 is 1.33 bits per heavy atom. The van der Waals surface area contributed by atoms with Crippen LogP contribution in [0.25, 0.3) is 0 Å². The Kier molecular flexibility index (Phi) is 1.32. The Hall–Kier alpha value is 0.700. The second-order valence-corrected chi connectivity index (χ2v) is 6.85. The minimum Gasteiger partial charge on any atom is -0.0850 e. The minimum atomic E-state index is 0.249. The third kappa shape index (κ3) is 0.911. The highest BCUT2D eigenvalue weighted by Crippen LogP contribution is 2.54. The maximum atomic E-state index is 3.66. The van der Waals surface area contributed by atoms with Gasteiger partial charge in [-0.25, -0.2) is 0 Å². The smallest absolute Gasteiger partial charge is 0.0850 e. The van der Waals surface area contributed by atoms with Crippen LogP contribution in [-0.2, 0) is 0 Å². The molecule has 0 radical (unpaired) electrons. The zero-order valence-electron chi connectivity index (χ0n) is 4.98. The van der Waals surface area contributed by atoms with Crippen molar-refractivity contribution in [3.05, 3.63) is 12.2 Å². The summed E-state index contributed by atoms with van der Waals surface area (Å²) in [7, 11) is 0. The molecule has 2 aliphatic carbocycles. The first-order chi connectivity index (χ1) is 4.18. The van der Waals surface area contributed by atoms with E-state index < -0.39 is 0 Å². The van der Waals surface area contributed by atoms with Crippen LogP contribution in [0.15, 0.2) is 12.2 Å². The predicted octanol–water partition coefficient (Wildman–Crippen LogP) is 3.07. The molecule has 2 bridgehead atoms. The number of alkyl halides is 2. The monoisotopic (exact) mass is 250 g/mol. The van der Waals surface area contributed by atoms with E-state index in [0.29, 0.717) is 0 Å². The molecule has 0 saturated heterocycles. The zero-order valence-corrected chi connectivity index (χ0v) is 8.15. The van der Waals surface area contributed by atoms with Crippen molar-refractivity contribution in [2.45, 2.75) is 16.1 Å². The second kappa shape index (κ2) is 1.85. The summed E-state index contributed by atoms with van der Waals surface area (Å²) < 4.78 is 0.249. The summed E-state index contributed by atoms with van der Waals surface area (Å²) in [4.78, 5) is 0. The number of allylic oxidation sites excluding steroid dienone is 2. The molecular formula is C7H8Br2. The van der Waals surface area contributed by atoms with E-state index in [-0.39, 0.29) is 3.23 Å². The molecule has 0 aromatic carbocycles. The molecule has 2 unspecified atom stereocenters. The van der Waals surface area contributed by atoms with E-state index in [9.17, 15) is 0 Å². The van der Waals surface area contributed by atoms with Crippen LogP contribution in [0.5, 0.6) is 0 Å². The molecule has 2 aliphatic rings. The molecule has 0 aromatic rings.